The Morgan fingerprint density at radius 2 is 1.78 bits per heavy atom. The molecule has 8 heteroatoms. The number of aliphatic hydroxyl groups is 4. The Hall–Kier alpha value is -1.71. The Morgan fingerprint density at radius 1 is 1.04 bits per heavy atom. The molecule has 12 atom stereocenters. The molecule has 2 heterocycles. The van der Waals surface area contributed by atoms with Gasteiger partial charge in [-0.25, -0.2) is 0 Å². The van der Waals surface area contributed by atoms with Crippen LogP contribution in [0.1, 0.15) is 106 Å². The molecule has 7 aliphatic rings. The Morgan fingerprint density at radius 3 is 2.49 bits per heavy atom. The van der Waals surface area contributed by atoms with Crippen LogP contribution < -0.4 is 11.1 Å². The fourth-order valence-electron chi connectivity index (χ4n) is 11.6. The summed E-state index contributed by atoms with van der Waals surface area (Å²) in [5.74, 6) is 0.474. The number of carbonyl (C=O) groups excluding carboxylic acids is 1. The Balaban J connectivity index is 1.15. The van der Waals surface area contributed by atoms with Gasteiger partial charge >= 0.3 is 0 Å². The van der Waals surface area contributed by atoms with Gasteiger partial charge in [-0.3, -0.25) is 4.79 Å². The molecule has 0 spiro atoms. The van der Waals surface area contributed by atoms with Gasteiger partial charge in [0.2, 0.25) is 0 Å². The van der Waals surface area contributed by atoms with Crippen molar-refractivity contribution in [2.75, 3.05) is 6.54 Å². The molecule has 0 aromatic carbocycles. The molecule has 0 unspecified atom stereocenters. The molecule has 7 N–H and O–H groups in total. The Bertz CT molecular complexity index is 1380. The van der Waals surface area contributed by atoms with Crippen molar-refractivity contribution in [2.24, 2.45) is 45.7 Å². The van der Waals surface area contributed by atoms with Gasteiger partial charge in [-0.2, -0.15) is 0 Å². The first kappa shape index (κ1) is 31.9. The smallest absolute Gasteiger partial charge is 0.162 e. The number of ether oxygens (including phenoxy) is 1. The Labute approximate surface area is 268 Å². The Kier molecular flexibility index (Phi) is 7.02. The highest BCUT2D eigenvalue weighted by atomic mass is 16.6. The van der Waals surface area contributed by atoms with Crippen LogP contribution in [0.15, 0.2) is 34.7 Å². The summed E-state index contributed by atoms with van der Waals surface area (Å²) < 4.78 is 6.28. The van der Waals surface area contributed by atoms with Crippen molar-refractivity contribution in [2.45, 2.75) is 141 Å². The minimum Gasteiger partial charge on any atom is -0.393 e. The summed E-state index contributed by atoms with van der Waals surface area (Å²) in [4.78, 5) is 14.1. The van der Waals surface area contributed by atoms with E-state index < -0.39 is 45.9 Å². The van der Waals surface area contributed by atoms with E-state index >= 15 is 0 Å². The average molecular weight is 625 g/mol. The van der Waals surface area contributed by atoms with E-state index in [1.807, 2.05) is 19.9 Å². The number of epoxide rings is 1. The van der Waals surface area contributed by atoms with E-state index in [2.05, 4.69) is 39.1 Å². The zero-order valence-corrected chi connectivity index (χ0v) is 28.2. The maximum Gasteiger partial charge on any atom is 0.162 e. The van der Waals surface area contributed by atoms with E-state index in [9.17, 15) is 25.2 Å². The molecule has 4 fully saturated rings. The maximum atomic E-state index is 14.1. The average Bonchev–Trinajstić information content (AvgIpc) is 3.75. The second-order valence-corrected chi connectivity index (χ2v) is 17.5. The van der Waals surface area contributed by atoms with Crippen LogP contribution in [0.4, 0.5) is 0 Å². The highest BCUT2D eigenvalue weighted by Gasteiger charge is 2.76. The predicted molar refractivity (Wildman–Crippen MR) is 171 cm³/mol. The largest absolute Gasteiger partial charge is 0.393 e. The number of Topliss-reactive ketones (excluding diaryl/α,β-unsaturated/α-hetero) is 1. The molecule has 7 rings (SSSR count). The van der Waals surface area contributed by atoms with E-state index in [1.54, 1.807) is 0 Å². The first-order valence-corrected chi connectivity index (χ1v) is 17.6. The van der Waals surface area contributed by atoms with Crippen LogP contribution in [0.5, 0.6) is 0 Å². The second kappa shape index (κ2) is 9.91. The number of rotatable bonds is 7. The van der Waals surface area contributed by atoms with Crippen molar-refractivity contribution < 1.29 is 30.0 Å². The molecule has 45 heavy (non-hydrogen) atoms. The molecular formula is C37H56N2O6. The van der Waals surface area contributed by atoms with E-state index in [0.717, 1.165) is 55.2 Å². The van der Waals surface area contributed by atoms with Gasteiger partial charge in [0, 0.05) is 17.9 Å². The first-order chi connectivity index (χ1) is 20.9. The lowest BCUT2D eigenvalue weighted by Crippen LogP contribution is -2.64. The normalized spacial score (nSPS) is 46.6. The molecule has 250 valence electrons. The second-order valence-electron chi connectivity index (χ2n) is 17.5. The topological polar surface area (TPSA) is 149 Å². The van der Waals surface area contributed by atoms with Crippen molar-refractivity contribution in [3.05, 3.63) is 34.7 Å². The molecule has 0 bridgehead atoms. The monoisotopic (exact) mass is 624 g/mol. The zero-order valence-electron chi connectivity index (χ0n) is 28.2. The van der Waals surface area contributed by atoms with Crippen LogP contribution >= 0.6 is 0 Å². The molecule has 0 radical (unpaired) electrons. The number of allylic oxidation sites excluding steroid dienone is 3. The fourth-order valence-corrected chi connectivity index (χ4v) is 11.6. The van der Waals surface area contributed by atoms with Gasteiger partial charge in [-0.05, 0) is 129 Å². The van der Waals surface area contributed by atoms with Gasteiger partial charge in [-0.15, -0.1) is 0 Å². The van der Waals surface area contributed by atoms with Crippen LogP contribution in [0.25, 0.3) is 0 Å². The van der Waals surface area contributed by atoms with Gasteiger partial charge in [0.05, 0.1) is 28.7 Å². The number of nitrogens with two attached hydrogens (primary N) is 1. The number of dihydropyridines is 1. The number of fused-ring (bicyclic) bond motifs is 2. The summed E-state index contributed by atoms with van der Waals surface area (Å²) in [6.45, 7) is 12.9. The van der Waals surface area contributed by atoms with Crippen LogP contribution in [0.2, 0.25) is 0 Å². The quantitative estimate of drug-likeness (QED) is 0.233. The third-order valence-electron chi connectivity index (χ3n) is 15.0. The van der Waals surface area contributed by atoms with Crippen molar-refractivity contribution in [3.8, 4) is 0 Å². The van der Waals surface area contributed by atoms with Crippen LogP contribution in [-0.4, -0.2) is 67.9 Å². The van der Waals surface area contributed by atoms with Crippen LogP contribution in [0, 0.1) is 39.9 Å². The summed E-state index contributed by atoms with van der Waals surface area (Å²) in [6, 6.07) is 0. The number of hydrogen-bond acceptors (Lipinski definition) is 8. The lowest BCUT2D eigenvalue weighted by molar-refractivity contribution is -0.164. The first-order valence-electron chi connectivity index (χ1n) is 17.6. The molecule has 5 aliphatic carbocycles. The lowest BCUT2D eigenvalue weighted by atomic mass is 9.42. The number of carbonyl (C=O) groups is 1. The predicted octanol–water partition coefficient (Wildman–Crippen LogP) is 4.02. The maximum absolute atomic E-state index is 14.1. The molecule has 2 aliphatic heterocycles. The highest BCUT2D eigenvalue weighted by molar-refractivity contribution is 6.00. The lowest BCUT2D eigenvalue weighted by Gasteiger charge is -2.63. The summed E-state index contributed by atoms with van der Waals surface area (Å²) >= 11 is 0. The van der Waals surface area contributed by atoms with Crippen LogP contribution in [0.3, 0.4) is 0 Å². The molecular weight excluding hydrogens is 568 g/mol. The van der Waals surface area contributed by atoms with Crippen molar-refractivity contribution in [3.63, 3.8) is 0 Å². The molecule has 0 amide bonds. The third kappa shape index (κ3) is 4.24. The summed E-state index contributed by atoms with van der Waals surface area (Å²) in [5.41, 5.74) is 3.95. The molecule has 8 nitrogen and oxygen atoms in total. The number of aliphatic hydroxyl groups excluding tert-OH is 1. The van der Waals surface area contributed by atoms with Crippen LogP contribution in [-0.2, 0) is 9.53 Å². The molecule has 3 saturated carbocycles. The van der Waals surface area contributed by atoms with Crippen molar-refractivity contribution in [1.29, 1.82) is 0 Å². The third-order valence-corrected chi connectivity index (χ3v) is 15.0. The highest BCUT2D eigenvalue weighted by Crippen LogP contribution is 2.73. The summed E-state index contributed by atoms with van der Waals surface area (Å²) in [7, 11) is 0. The summed E-state index contributed by atoms with van der Waals surface area (Å²) in [6.07, 6.45) is 9.81. The molecule has 0 aromatic rings. The number of hydrogen-bond donors (Lipinski definition) is 6. The number of nitrogens with one attached hydrogen (secondary N) is 1. The van der Waals surface area contributed by atoms with E-state index in [0.29, 0.717) is 38.0 Å². The molecule has 0 aromatic heterocycles. The van der Waals surface area contributed by atoms with Crippen molar-refractivity contribution >= 4 is 5.78 Å². The SMILES string of the molecule is CC(C)(CCC1=CCNC(N)=C1)[C@@](C)(O)[C@H]1O[C@@H]1[C@](C)(O)[C@H]1C[C@@H]2CCC3=C4[C@H](CC[C@@]1(C)[C@]42O)[C@@]1(C)CC[C@H](O)C[C@H]1C3=O. The van der Waals surface area contributed by atoms with E-state index in [-0.39, 0.29) is 34.9 Å². The van der Waals surface area contributed by atoms with Gasteiger partial charge in [0.25, 0.3) is 0 Å². The minimum atomic E-state index is -1.27. The zero-order chi connectivity index (χ0) is 32.5. The van der Waals surface area contributed by atoms with E-state index in [4.69, 9.17) is 10.5 Å². The minimum absolute atomic E-state index is 0.0319. The van der Waals surface area contributed by atoms with Gasteiger partial charge in [0.15, 0.2) is 5.78 Å². The molecule has 1 saturated heterocycles. The van der Waals surface area contributed by atoms with Gasteiger partial charge < -0.3 is 36.2 Å². The number of ketones is 1. The fraction of sp³-hybridized carbons (Fsp3) is 0.811. The van der Waals surface area contributed by atoms with E-state index in [1.165, 1.54) is 0 Å². The van der Waals surface area contributed by atoms with Crippen molar-refractivity contribution in [1.82, 2.24) is 5.32 Å². The van der Waals surface area contributed by atoms with Gasteiger partial charge in [0.1, 0.15) is 12.2 Å². The van der Waals surface area contributed by atoms with Gasteiger partial charge in [-0.1, -0.05) is 33.8 Å². The standard InChI is InChI=1S/C37H56N2O6/c1-32(2,13-9-20-12-16-39-27(38)17-20)36(6,43)31-30(45-31)35(5,42)26-18-21-7-8-23-28-24(11-15-34(26,4)37(21,28)44)33(3)14-10-22(40)19-25(33)29(23)41/h12,17,21-22,24-26,30-31,39-40,42-44H,7-11,13-16,18-19,38H2,1-6H3/t21-,22-,24-,25-,26-,30-,31-,33+,34+,35+,36-,37+/m0/s1. The summed E-state index contributed by atoms with van der Waals surface area (Å²) in [5, 5.41) is 51.2.